The molecule has 0 amide bonds. The topological polar surface area (TPSA) is 77.3 Å². The van der Waals surface area contributed by atoms with Crippen LogP contribution in [-0.4, -0.2) is 17.6 Å². The third kappa shape index (κ3) is 2.45. The van der Waals surface area contributed by atoms with Crippen LogP contribution in [-0.2, 0) is 4.79 Å². The molecule has 0 unspecified atom stereocenters. The van der Waals surface area contributed by atoms with Crippen LogP contribution < -0.4 is 15.2 Å². The van der Waals surface area contributed by atoms with E-state index in [1.54, 1.807) is 24.3 Å². The van der Waals surface area contributed by atoms with E-state index in [9.17, 15) is 4.79 Å². The Bertz CT molecular complexity index is 602. The van der Waals surface area contributed by atoms with Gasteiger partial charge >= 0.3 is 5.97 Å². The lowest BCUT2D eigenvalue weighted by Gasteiger charge is -2.05. The highest BCUT2D eigenvalue weighted by Crippen LogP contribution is 2.32. The molecule has 0 saturated carbocycles. The van der Waals surface area contributed by atoms with Gasteiger partial charge in [0.25, 0.3) is 0 Å². The molecule has 5 nitrogen and oxygen atoms in total. The molecule has 5 heteroatoms. The van der Waals surface area contributed by atoms with Crippen molar-refractivity contribution in [3.05, 3.63) is 30.9 Å². The Hall–Kier alpha value is -2.43. The molecule has 2 aromatic rings. The van der Waals surface area contributed by atoms with Crippen molar-refractivity contribution in [2.75, 3.05) is 12.3 Å². The quantitative estimate of drug-likeness (QED) is 0.492. The Balaban J connectivity index is 2.45. The number of esters is 1. The largest absolute Gasteiger partial charge is 0.489 e. The number of nitrogens with one attached hydrogen (secondary N) is 1. The summed E-state index contributed by atoms with van der Waals surface area (Å²) in [6, 6.07) is 5.18. The van der Waals surface area contributed by atoms with Gasteiger partial charge in [-0.2, -0.15) is 0 Å². The molecule has 0 aliphatic heterocycles. The number of aromatic amines is 1. The lowest BCUT2D eigenvalue weighted by Crippen LogP contribution is -2.00. The molecular formula is C13H14N2O3. The van der Waals surface area contributed by atoms with E-state index in [2.05, 4.69) is 11.6 Å². The Morgan fingerprint density at radius 1 is 1.50 bits per heavy atom. The SMILES string of the molecule is C=CCOc1cc(N)cc2[nH]c(OC(C)=O)cc12. The van der Waals surface area contributed by atoms with E-state index in [0.717, 1.165) is 10.9 Å². The van der Waals surface area contributed by atoms with Crippen molar-refractivity contribution < 1.29 is 14.3 Å². The summed E-state index contributed by atoms with van der Waals surface area (Å²) >= 11 is 0. The smallest absolute Gasteiger partial charge is 0.309 e. The zero-order chi connectivity index (χ0) is 13.1. The first-order chi connectivity index (χ1) is 8.60. The minimum atomic E-state index is -0.386. The summed E-state index contributed by atoms with van der Waals surface area (Å²) in [5, 5.41) is 0.808. The Kier molecular flexibility index (Phi) is 3.23. The van der Waals surface area contributed by atoms with E-state index in [4.69, 9.17) is 15.2 Å². The van der Waals surface area contributed by atoms with Gasteiger partial charge in [0.05, 0.1) is 5.52 Å². The predicted octanol–water partition coefficient (Wildman–Crippen LogP) is 2.24. The fourth-order valence-corrected chi connectivity index (χ4v) is 1.68. The minimum Gasteiger partial charge on any atom is -0.489 e. The number of hydrogen-bond donors (Lipinski definition) is 2. The molecule has 0 radical (unpaired) electrons. The minimum absolute atomic E-state index is 0.367. The monoisotopic (exact) mass is 246 g/mol. The number of ether oxygens (including phenoxy) is 2. The van der Waals surface area contributed by atoms with Crippen LogP contribution in [0.2, 0.25) is 0 Å². The summed E-state index contributed by atoms with van der Waals surface area (Å²) in [5.74, 6) is 0.606. The van der Waals surface area contributed by atoms with Crippen LogP contribution in [0, 0.1) is 0 Å². The summed E-state index contributed by atoms with van der Waals surface area (Å²) in [6.45, 7) is 5.31. The molecule has 0 bridgehead atoms. The number of carbonyl (C=O) groups is 1. The van der Waals surface area contributed by atoms with Crippen LogP contribution in [0.1, 0.15) is 6.92 Å². The molecule has 3 N–H and O–H groups in total. The van der Waals surface area contributed by atoms with Gasteiger partial charge in [-0.05, 0) is 6.07 Å². The number of carbonyl (C=O) groups excluding carboxylic acids is 1. The van der Waals surface area contributed by atoms with Gasteiger partial charge in [0.15, 0.2) is 0 Å². The maximum atomic E-state index is 10.9. The van der Waals surface area contributed by atoms with Crippen LogP contribution in [0.25, 0.3) is 10.9 Å². The number of nitrogens with two attached hydrogens (primary N) is 1. The predicted molar refractivity (Wildman–Crippen MR) is 69.7 cm³/mol. The third-order valence-corrected chi connectivity index (χ3v) is 2.31. The number of anilines is 1. The highest BCUT2D eigenvalue weighted by atomic mass is 16.5. The fourth-order valence-electron chi connectivity index (χ4n) is 1.68. The van der Waals surface area contributed by atoms with Crippen molar-refractivity contribution in [1.82, 2.24) is 4.98 Å². The highest BCUT2D eigenvalue weighted by molar-refractivity contribution is 5.91. The highest BCUT2D eigenvalue weighted by Gasteiger charge is 2.10. The number of nitrogen functional groups attached to an aromatic ring is 1. The third-order valence-electron chi connectivity index (χ3n) is 2.31. The number of aromatic nitrogens is 1. The number of fused-ring (bicyclic) bond motifs is 1. The van der Waals surface area contributed by atoms with Crippen molar-refractivity contribution >= 4 is 22.6 Å². The van der Waals surface area contributed by atoms with Gasteiger partial charge in [-0.25, -0.2) is 0 Å². The van der Waals surface area contributed by atoms with Gasteiger partial charge in [0.1, 0.15) is 12.4 Å². The zero-order valence-electron chi connectivity index (χ0n) is 10.0. The molecule has 1 aromatic heterocycles. The maximum Gasteiger partial charge on any atom is 0.309 e. The second-order valence-electron chi connectivity index (χ2n) is 3.81. The van der Waals surface area contributed by atoms with E-state index in [1.807, 2.05) is 0 Å². The van der Waals surface area contributed by atoms with Crippen LogP contribution in [0.15, 0.2) is 30.9 Å². The first kappa shape index (κ1) is 12.0. The second-order valence-corrected chi connectivity index (χ2v) is 3.81. The molecule has 0 atom stereocenters. The van der Waals surface area contributed by atoms with Gasteiger partial charge < -0.3 is 20.2 Å². The molecule has 2 rings (SSSR count). The first-order valence-electron chi connectivity index (χ1n) is 5.44. The van der Waals surface area contributed by atoms with Gasteiger partial charge in [-0.15, -0.1) is 0 Å². The standard InChI is InChI=1S/C13H14N2O3/c1-3-4-17-12-6-9(14)5-11-10(12)7-13(15-11)18-8(2)16/h3,5-7,15H,1,4,14H2,2H3. The summed E-state index contributed by atoms with van der Waals surface area (Å²) in [7, 11) is 0. The molecule has 0 aliphatic carbocycles. The van der Waals surface area contributed by atoms with Crippen LogP contribution in [0.3, 0.4) is 0 Å². The van der Waals surface area contributed by atoms with E-state index in [-0.39, 0.29) is 5.97 Å². The Morgan fingerprint density at radius 3 is 2.94 bits per heavy atom. The number of benzene rings is 1. The van der Waals surface area contributed by atoms with E-state index >= 15 is 0 Å². The molecule has 0 spiro atoms. The normalized spacial score (nSPS) is 10.3. The van der Waals surface area contributed by atoms with Gasteiger partial charge in [-0.3, -0.25) is 4.79 Å². The summed E-state index contributed by atoms with van der Waals surface area (Å²) < 4.78 is 10.5. The zero-order valence-corrected chi connectivity index (χ0v) is 10.0. The molecule has 94 valence electrons. The van der Waals surface area contributed by atoms with E-state index in [0.29, 0.717) is 23.9 Å². The lowest BCUT2D eigenvalue weighted by molar-refractivity contribution is -0.132. The van der Waals surface area contributed by atoms with Crippen LogP contribution in [0.5, 0.6) is 11.6 Å². The van der Waals surface area contributed by atoms with Gasteiger partial charge in [0.2, 0.25) is 5.88 Å². The lowest BCUT2D eigenvalue weighted by atomic mass is 10.2. The van der Waals surface area contributed by atoms with Crippen LogP contribution in [0.4, 0.5) is 5.69 Å². The summed E-state index contributed by atoms with van der Waals surface area (Å²) in [6.07, 6.45) is 1.65. The van der Waals surface area contributed by atoms with Crippen molar-refractivity contribution in [3.8, 4) is 11.6 Å². The average Bonchev–Trinajstić information content (AvgIpc) is 2.66. The second kappa shape index (κ2) is 4.83. The summed E-state index contributed by atoms with van der Waals surface area (Å²) in [4.78, 5) is 13.9. The van der Waals surface area contributed by atoms with E-state index in [1.165, 1.54) is 6.92 Å². The first-order valence-corrected chi connectivity index (χ1v) is 5.44. The fraction of sp³-hybridized carbons (Fsp3) is 0.154. The van der Waals surface area contributed by atoms with E-state index < -0.39 is 0 Å². The molecule has 18 heavy (non-hydrogen) atoms. The Labute approximate surface area is 104 Å². The summed E-state index contributed by atoms with van der Waals surface area (Å²) in [5.41, 5.74) is 7.10. The van der Waals surface area contributed by atoms with Crippen molar-refractivity contribution in [1.29, 1.82) is 0 Å². The molecule has 0 saturated heterocycles. The molecule has 0 aliphatic rings. The number of H-pyrrole nitrogens is 1. The molecule has 1 aromatic carbocycles. The molecular weight excluding hydrogens is 232 g/mol. The average molecular weight is 246 g/mol. The maximum absolute atomic E-state index is 10.9. The molecule has 0 fully saturated rings. The van der Waals surface area contributed by atoms with Crippen molar-refractivity contribution in [3.63, 3.8) is 0 Å². The number of hydrogen-bond acceptors (Lipinski definition) is 4. The van der Waals surface area contributed by atoms with Crippen LogP contribution >= 0.6 is 0 Å². The van der Waals surface area contributed by atoms with Crippen molar-refractivity contribution in [2.45, 2.75) is 6.92 Å². The number of rotatable bonds is 4. The van der Waals surface area contributed by atoms with Gasteiger partial charge in [0, 0.05) is 30.1 Å². The molecule has 1 heterocycles. The van der Waals surface area contributed by atoms with Gasteiger partial charge in [-0.1, -0.05) is 12.7 Å². The van der Waals surface area contributed by atoms with Crippen molar-refractivity contribution in [2.24, 2.45) is 0 Å². The Morgan fingerprint density at radius 2 is 2.28 bits per heavy atom.